The van der Waals surface area contributed by atoms with Crippen molar-refractivity contribution in [3.8, 4) is 0 Å². The Labute approximate surface area is 106 Å². The second-order valence-corrected chi connectivity index (χ2v) is 5.73. The summed E-state index contributed by atoms with van der Waals surface area (Å²) in [7, 11) is 0. The van der Waals surface area contributed by atoms with Crippen molar-refractivity contribution >= 4 is 5.97 Å². The third-order valence-corrected chi connectivity index (χ3v) is 2.69. The SMILES string of the molecule is CC(C)C(C(=O)[O-])c1cnc(C(C)(C)C)nc1F. The van der Waals surface area contributed by atoms with E-state index >= 15 is 0 Å². The van der Waals surface area contributed by atoms with Gasteiger partial charge in [0.25, 0.3) is 0 Å². The van der Waals surface area contributed by atoms with Crippen LogP contribution < -0.4 is 5.11 Å². The molecule has 18 heavy (non-hydrogen) atoms. The number of hydrogen-bond acceptors (Lipinski definition) is 4. The Hall–Kier alpha value is -1.52. The average Bonchev–Trinajstić information content (AvgIpc) is 2.18. The standard InChI is InChI=1S/C13H19FN2O2/c1-7(2)9(11(17)18)8-6-15-12(13(3,4)5)16-10(8)14/h6-7,9H,1-5H3,(H,17,18)/p-1. The van der Waals surface area contributed by atoms with E-state index in [1.165, 1.54) is 6.20 Å². The molecule has 1 unspecified atom stereocenters. The molecule has 1 aromatic heterocycles. The molecule has 0 saturated carbocycles. The summed E-state index contributed by atoms with van der Waals surface area (Å²) in [6, 6.07) is 0. The van der Waals surface area contributed by atoms with E-state index < -0.39 is 17.8 Å². The van der Waals surface area contributed by atoms with Gasteiger partial charge < -0.3 is 9.90 Å². The van der Waals surface area contributed by atoms with Gasteiger partial charge in [0.05, 0.1) is 0 Å². The largest absolute Gasteiger partial charge is 0.549 e. The highest BCUT2D eigenvalue weighted by molar-refractivity contribution is 5.74. The minimum atomic E-state index is -1.31. The van der Waals surface area contributed by atoms with Crippen molar-refractivity contribution in [1.82, 2.24) is 9.97 Å². The minimum absolute atomic E-state index is 0.0157. The highest BCUT2D eigenvalue weighted by Crippen LogP contribution is 2.26. The Bertz CT molecular complexity index is 453. The van der Waals surface area contributed by atoms with Crippen LogP contribution in [0.3, 0.4) is 0 Å². The summed E-state index contributed by atoms with van der Waals surface area (Å²) >= 11 is 0. The molecule has 0 spiro atoms. The van der Waals surface area contributed by atoms with E-state index in [-0.39, 0.29) is 16.9 Å². The molecule has 0 aliphatic carbocycles. The number of halogens is 1. The van der Waals surface area contributed by atoms with Gasteiger partial charge in [-0.2, -0.15) is 4.39 Å². The van der Waals surface area contributed by atoms with E-state index in [9.17, 15) is 14.3 Å². The van der Waals surface area contributed by atoms with Gasteiger partial charge in [-0.3, -0.25) is 0 Å². The third-order valence-electron chi connectivity index (χ3n) is 2.69. The monoisotopic (exact) mass is 253 g/mol. The lowest BCUT2D eigenvalue weighted by Crippen LogP contribution is -2.33. The van der Waals surface area contributed by atoms with E-state index in [2.05, 4.69) is 9.97 Å². The second-order valence-electron chi connectivity index (χ2n) is 5.73. The molecule has 0 aliphatic heterocycles. The van der Waals surface area contributed by atoms with Crippen molar-refractivity contribution in [2.24, 2.45) is 5.92 Å². The van der Waals surface area contributed by atoms with E-state index in [0.29, 0.717) is 5.82 Å². The fraction of sp³-hybridized carbons (Fsp3) is 0.615. The number of carboxylic acid groups (broad SMARTS) is 1. The molecule has 1 heterocycles. The lowest BCUT2D eigenvalue weighted by atomic mass is 9.89. The molecule has 5 heteroatoms. The van der Waals surface area contributed by atoms with Crippen LogP contribution in [0.1, 0.15) is 51.9 Å². The van der Waals surface area contributed by atoms with Crippen LogP contribution in [0.2, 0.25) is 0 Å². The fourth-order valence-electron chi connectivity index (χ4n) is 1.70. The lowest BCUT2D eigenvalue weighted by Gasteiger charge is -2.23. The molecule has 0 N–H and O–H groups in total. The van der Waals surface area contributed by atoms with Crippen LogP contribution >= 0.6 is 0 Å². The van der Waals surface area contributed by atoms with Crippen LogP contribution in [0, 0.1) is 11.9 Å². The molecule has 1 aromatic rings. The molecule has 0 fully saturated rings. The van der Waals surface area contributed by atoms with Gasteiger partial charge in [0.15, 0.2) is 0 Å². The number of carbonyl (C=O) groups excluding carboxylic acids is 1. The van der Waals surface area contributed by atoms with Gasteiger partial charge in [-0.05, 0) is 5.92 Å². The number of nitrogens with zero attached hydrogens (tertiary/aromatic N) is 2. The predicted molar refractivity (Wildman–Crippen MR) is 63.3 cm³/mol. The molecule has 1 rings (SSSR count). The molecule has 0 bridgehead atoms. The summed E-state index contributed by atoms with van der Waals surface area (Å²) in [6.45, 7) is 8.97. The van der Waals surface area contributed by atoms with Crippen molar-refractivity contribution in [2.45, 2.75) is 46.0 Å². The minimum Gasteiger partial charge on any atom is -0.549 e. The number of hydrogen-bond donors (Lipinski definition) is 0. The quantitative estimate of drug-likeness (QED) is 0.764. The van der Waals surface area contributed by atoms with Gasteiger partial charge in [0.2, 0.25) is 5.95 Å². The van der Waals surface area contributed by atoms with Gasteiger partial charge in [0.1, 0.15) is 5.82 Å². The Morgan fingerprint density at radius 3 is 2.28 bits per heavy atom. The Balaban J connectivity index is 3.24. The number of carbonyl (C=O) groups is 1. The highest BCUT2D eigenvalue weighted by Gasteiger charge is 2.25. The van der Waals surface area contributed by atoms with Crippen LogP contribution in [0.15, 0.2) is 6.20 Å². The van der Waals surface area contributed by atoms with Gasteiger partial charge in [0, 0.05) is 29.1 Å². The molecular weight excluding hydrogens is 235 g/mol. The van der Waals surface area contributed by atoms with Crippen LogP contribution in [0.5, 0.6) is 0 Å². The van der Waals surface area contributed by atoms with Crippen molar-refractivity contribution in [3.05, 3.63) is 23.5 Å². The topological polar surface area (TPSA) is 65.9 Å². The van der Waals surface area contributed by atoms with Gasteiger partial charge >= 0.3 is 0 Å². The van der Waals surface area contributed by atoms with E-state index in [0.717, 1.165) is 0 Å². The lowest BCUT2D eigenvalue weighted by molar-refractivity contribution is -0.309. The summed E-state index contributed by atoms with van der Waals surface area (Å²) in [5, 5.41) is 11.0. The Kier molecular flexibility index (Phi) is 4.04. The van der Waals surface area contributed by atoms with Crippen molar-refractivity contribution < 1.29 is 14.3 Å². The smallest absolute Gasteiger partial charge is 0.220 e. The fourth-order valence-corrected chi connectivity index (χ4v) is 1.70. The van der Waals surface area contributed by atoms with Crippen molar-refractivity contribution in [1.29, 1.82) is 0 Å². The first kappa shape index (κ1) is 14.5. The molecular formula is C13H18FN2O2-. The Morgan fingerprint density at radius 1 is 1.39 bits per heavy atom. The number of carboxylic acids is 1. The normalized spacial score (nSPS) is 13.7. The van der Waals surface area contributed by atoms with E-state index in [4.69, 9.17) is 0 Å². The van der Waals surface area contributed by atoms with Crippen LogP contribution in [-0.2, 0) is 10.2 Å². The summed E-state index contributed by atoms with van der Waals surface area (Å²) in [6.07, 6.45) is 1.25. The zero-order valence-corrected chi connectivity index (χ0v) is 11.3. The van der Waals surface area contributed by atoms with Crippen molar-refractivity contribution in [2.75, 3.05) is 0 Å². The first-order valence-corrected chi connectivity index (χ1v) is 5.88. The first-order valence-electron chi connectivity index (χ1n) is 5.88. The van der Waals surface area contributed by atoms with Gasteiger partial charge in [-0.15, -0.1) is 0 Å². The molecule has 1 atom stereocenters. The van der Waals surface area contributed by atoms with Crippen LogP contribution in [0.4, 0.5) is 4.39 Å². The molecule has 0 saturated heterocycles. The molecule has 100 valence electrons. The average molecular weight is 253 g/mol. The molecule has 0 radical (unpaired) electrons. The van der Waals surface area contributed by atoms with Gasteiger partial charge in [-0.1, -0.05) is 34.6 Å². The van der Waals surface area contributed by atoms with E-state index in [1.807, 2.05) is 20.8 Å². The third kappa shape index (κ3) is 3.03. The number of aromatic nitrogens is 2. The maximum absolute atomic E-state index is 13.9. The van der Waals surface area contributed by atoms with Crippen molar-refractivity contribution in [3.63, 3.8) is 0 Å². The summed E-state index contributed by atoms with van der Waals surface area (Å²) in [5.74, 6) is -3.05. The summed E-state index contributed by atoms with van der Waals surface area (Å²) in [4.78, 5) is 18.9. The van der Waals surface area contributed by atoms with E-state index in [1.54, 1.807) is 13.8 Å². The molecule has 0 aliphatic rings. The molecule has 0 amide bonds. The highest BCUT2D eigenvalue weighted by atomic mass is 19.1. The maximum atomic E-state index is 13.9. The summed E-state index contributed by atoms with van der Waals surface area (Å²) < 4.78 is 13.9. The molecule has 4 nitrogen and oxygen atoms in total. The number of rotatable bonds is 3. The van der Waals surface area contributed by atoms with Gasteiger partial charge in [-0.25, -0.2) is 9.97 Å². The number of aliphatic carboxylic acids is 1. The van der Waals surface area contributed by atoms with Crippen LogP contribution in [0.25, 0.3) is 0 Å². The summed E-state index contributed by atoms with van der Waals surface area (Å²) in [5.41, 5.74) is -0.397. The van der Waals surface area contributed by atoms with Crippen LogP contribution in [-0.4, -0.2) is 15.9 Å². The molecule has 0 aromatic carbocycles. The zero-order valence-electron chi connectivity index (χ0n) is 11.3. The first-order chi connectivity index (χ1) is 8.14. The zero-order chi connectivity index (χ0) is 14.1. The maximum Gasteiger partial charge on any atom is 0.220 e. The predicted octanol–water partition coefficient (Wildman–Crippen LogP) is 1.40. The second kappa shape index (κ2) is 5.00. The Morgan fingerprint density at radius 2 is 1.94 bits per heavy atom.